The molecule has 0 heterocycles. The first kappa shape index (κ1) is 14.0. The molecule has 1 aromatic rings. The zero-order valence-corrected chi connectivity index (χ0v) is 11.6. The van der Waals surface area contributed by atoms with E-state index in [-0.39, 0.29) is 6.61 Å². The Bertz CT molecular complexity index is 456. The molecular weight excluding hydrogens is 236 g/mol. The minimum absolute atomic E-state index is 0.106. The van der Waals surface area contributed by atoms with Gasteiger partial charge in [-0.05, 0) is 49.8 Å². The van der Waals surface area contributed by atoms with Crippen LogP contribution in [-0.4, -0.2) is 17.8 Å². The summed E-state index contributed by atoms with van der Waals surface area (Å²) in [6, 6.07) is 7.85. The Balaban J connectivity index is 2.05. The summed E-state index contributed by atoms with van der Waals surface area (Å²) in [4.78, 5) is 0. The number of ether oxygens (including phenoxy) is 1. The molecular formula is C17H22O2. The summed E-state index contributed by atoms with van der Waals surface area (Å²) in [5, 5.41) is 8.72. The van der Waals surface area contributed by atoms with Gasteiger partial charge in [-0.15, -0.1) is 0 Å². The summed E-state index contributed by atoms with van der Waals surface area (Å²) in [5.74, 6) is 7.16. The Labute approximate surface area is 115 Å². The molecule has 0 aliphatic heterocycles. The Morgan fingerprint density at radius 2 is 2.16 bits per heavy atom. The van der Waals surface area contributed by atoms with Crippen molar-refractivity contribution >= 4 is 0 Å². The van der Waals surface area contributed by atoms with Crippen LogP contribution in [0.15, 0.2) is 24.3 Å². The molecule has 1 N–H and O–H groups in total. The van der Waals surface area contributed by atoms with Gasteiger partial charge in [0.25, 0.3) is 0 Å². The van der Waals surface area contributed by atoms with Crippen LogP contribution < -0.4 is 4.74 Å². The van der Waals surface area contributed by atoms with Gasteiger partial charge >= 0.3 is 0 Å². The third-order valence-electron chi connectivity index (χ3n) is 3.80. The molecule has 0 saturated heterocycles. The van der Waals surface area contributed by atoms with E-state index in [0.29, 0.717) is 12.0 Å². The molecule has 1 aromatic carbocycles. The second-order valence-corrected chi connectivity index (χ2v) is 5.10. The van der Waals surface area contributed by atoms with E-state index in [1.807, 2.05) is 24.3 Å². The molecule has 0 amide bonds. The van der Waals surface area contributed by atoms with Gasteiger partial charge in [0.05, 0.1) is 0 Å². The fourth-order valence-electron chi connectivity index (χ4n) is 2.76. The van der Waals surface area contributed by atoms with Gasteiger partial charge in [-0.2, -0.15) is 0 Å². The average Bonchev–Trinajstić information content (AvgIpc) is 2.46. The number of rotatable bonds is 3. The first-order chi connectivity index (χ1) is 9.33. The van der Waals surface area contributed by atoms with E-state index in [9.17, 15) is 0 Å². The molecule has 0 radical (unpaired) electrons. The Morgan fingerprint density at radius 1 is 1.32 bits per heavy atom. The van der Waals surface area contributed by atoms with E-state index in [1.54, 1.807) is 0 Å². The lowest BCUT2D eigenvalue weighted by molar-refractivity contribution is 0.0904. The predicted molar refractivity (Wildman–Crippen MR) is 77.1 cm³/mol. The normalized spacial score (nSPS) is 22.4. The van der Waals surface area contributed by atoms with E-state index in [2.05, 4.69) is 18.8 Å². The van der Waals surface area contributed by atoms with Gasteiger partial charge in [0.1, 0.15) is 18.5 Å². The topological polar surface area (TPSA) is 29.5 Å². The lowest BCUT2D eigenvalue weighted by Gasteiger charge is -2.31. The highest BCUT2D eigenvalue weighted by molar-refractivity contribution is 5.39. The zero-order valence-electron chi connectivity index (χ0n) is 11.6. The summed E-state index contributed by atoms with van der Waals surface area (Å²) >= 11 is 0. The molecule has 1 aliphatic carbocycles. The van der Waals surface area contributed by atoms with Crippen molar-refractivity contribution in [2.75, 3.05) is 6.61 Å². The predicted octanol–water partition coefficient (Wildman–Crippen LogP) is 3.38. The molecule has 102 valence electrons. The Morgan fingerprint density at radius 3 is 2.95 bits per heavy atom. The molecule has 1 aliphatic rings. The Kier molecular flexibility index (Phi) is 5.30. The molecule has 2 heteroatoms. The second-order valence-electron chi connectivity index (χ2n) is 5.10. The fourth-order valence-corrected chi connectivity index (χ4v) is 2.76. The average molecular weight is 258 g/mol. The van der Waals surface area contributed by atoms with E-state index in [1.165, 1.54) is 25.7 Å². The SMILES string of the molecule is CCC1CCCCC1Oc1cccc(C#CCO)c1. The number of aliphatic hydroxyl groups is 1. The highest BCUT2D eigenvalue weighted by atomic mass is 16.5. The maximum Gasteiger partial charge on any atom is 0.120 e. The standard InChI is InChI=1S/C17H22O2/c1-2-15-9-3-4-11-17(15)19-16-10-5-7-14(13-16)8-6-12-18/h5,7,10,13,15,17-18H,2-4,9,11-12H2,1H3. The lowest BCUT2D eigenvalue weighted by atomic mass is 9.85. The number of hydrogen-bond donors (Lipinski definition) is 1. The van der Waals surface area contributed by atoms with E-state index < -0.39 is 0 Å². The van der Waals surface area contributed by atoms with Crippen molar-refractivity contribution in [3.05, 3.63) is 29.8 Å². The highest BCUT2D eigenvalue weighted by Crippen LogP contribution is 2.30. The van der Waals surface area contributed by atoms with Gasteiger partial charge < -0.3 is 9.84 Å². The summed E-state index contributed by atoms with van der Waals surface area (Å²) in [5.41, 5.74) is 0.899. The zero-order chi connectivity index (χ0) is 13.5. The largest absolute Gasteiger partial charge is 0.490 e. The van der Waals surface area contributed by atoms with Crippen LogP contribution in [0.25, 0.3) is 0 Å². The van der Waals surface area contributed by atoms with Crippen LogP contribution in [0.2, 0.25) is 0 Å². The molecule has 0 bridgehead atoms. The van der Waals surface area contributed by atoms with Crippen molar-refractivity contribution in [1.29, 1.82) is 0 Å². The van der Waals surface area contributed by atoms with Crippen LogP contribution in [0.5, 0.6) is 5.75 Å². The van der Waals surface area contributed by atoms with Gasteiger partial charge in [-0.1, -0.05) is 31.3 Å². The summed E-state index contributed by atoms with van der Waals surface area (Å²) in [7, 11) is 0. The Hall–Kier alpha value is -1.46. The van der Waals surface area contributed by atoms with E-state index in [0.717, 1.165) is 17.7 Å². The molecule has 1 fully saturated rings. The second kappa shape index (κ2) is 7.21. The molecule has 2 nitrogen and oxygen atoms in total. The van der Waals surface area contributed by atoms with Gasteiger partial charge in [-0.25, -0.2) is 0 Å². The minimum Gasteiger partial charge on any atom is -0.490 e. The van der Waals surface area contributed by atoms with Crippen LogP contribution in [0.3, 0.4) is 0 Å². The first-order valence-electron chi connectivity index (χ1n) is 7.20. The van der Waals surface area contributed by atoms with Crippen molar-refractivity contribution in [3.8, 4) is 17.6 Å². The van der Waals surface area contributed by atoms with Gasteiger partial charge in [0.2, 0.25) is 0 Å². The minimum atomic E-state index is -0.106. The van der Waals surface area contributed by atoms with Crippen molar-refractivity contribution in [2.45, 2.75) is 45.1 Å². The highest BCUT2D eigenvalue weighted by Gasteiger charge is 2.25. The van der Waals surface area contributed by atoms with Crippen LogP contribution in [0.4, 0.5) is 0 Å². The number of aliphatic hydroxyl groups excluding tert-OH is 1. The summed E-state index contributed by atoms with van der Waals surface area (Å²) in [6.45, 7) is 2.14. The molecule has 1 saturated carbocycles. The monoisotopic (exact) mass is 258 g/mol. The molecule has 19 heavy (non-hydrogen) atoms. The molecule has 2 unspecified atom stereocenters. The van der Waals surface area contributed by atoms with Gasteiger partial charge in [-0.3, -0.25) is 0 Å². The van der Waals surface area contributed by atoms with Crippen molar-refractivity contribution < 1.29 is 9.84 Å². The number of benzene rings is 1. The van der Waals surface area contributed by atoms with E-state index >= 15 is 0 Å². The van der Waals surface area contributed by atoms with Crippen LogP contribution in [-0.2, 0) is 0 Å². The number of hydrogen-bond acceptors (Lipinski definition) is 2. The molecule has 0 aromatic heterocycles. The smallest absolute Gasteiger partial charge is 0.120 e. The van der Waals surface area contributed by atoms with Gasteiger partial charge in [0.15, 0.2) is 0 Å². The lowest BCUT2D eigenvalue weighted by Crippen LogP contribution is -2.29. The molecule has 0 spiro atoms. The van der Waals surface area contributed by atoms with Gasteiger partial charge in [0, 0.05) is 5.56 Å². The van der Waals surface area contributed by atoms with Crippen molar-refractivity contribution in [2.24, 2.45) is 5.92 Å². The molecule has 2 rings (SSSR count). The first-order valence-corrected chi connectivity index (χ1v) is 7.20. The van der Waals surface area contributed by atoms with Crippen molar-refractivity contribution in [1.82, 2.24) is 0 Å². The van der Waals surface area contributed by atoms with Crippen molar-refractivity contribution in [3.63, 3.8) is 0 Å². The summed E-state index contributed by atoms with van der Waals surface area (Å²) in [6.07, 6.45) is 6.58. The quantitative estimate of drug-likeness (QED) is 0.842. The third kappa shape index (κ3) is 4.01. The van der Waals surface area contributed by atoms with Crippen LogP contribution in [0.1, 0.15) is 44.6 Å². The van der Waals surface area contributed by atoms with Crippen LogP contribution in [0, 0.1) is 17.8 Å². The molecule has 2 atom stereocenters. The van der Waals surface area contributed by atoms with Crippen LogP contribution >= 0.6 is 0 Å². The maximum atomic E-state index is 8.72. The summed E-state index contributed by atoms with van der Waals surface area (Å²) < 4.78 is 6.15. The fraction of sp³-hybridized carbons (Fsp3) is 0.529. The third-order valence-corrected chi connectivity index (χ3v) is 3.80. The maximum absolute atomic E-state index is 8.72. The van der Waals surface area contributed by atoms with E-state index in [4.69, 9.17) is 9.84 Å².